The van der Waals surface area contributed by atoms with Crippen molar-refractivity contribution < 1.29 is 32.6 Å². The predicted octanol–water partition coefficient (Wildman–Crippen LogP) is 1.69. The smallest absolute Gasteiger partial charge is 0.413 e. The fourth-order valence-corrected chi connectivity index (χ4v) is 6.96. The van der Waals surface area contributed by atoms with Crippen LogP contribution in [-0.2, 0) is 30.8 Å². The molecule has 0 radical (unpaired) electrons. The molecule has 0 spiro atoms. The summed E-state index contributed by atoms with van der Waals surface area (Å²) >= 11 is 0. The summed E-state index contributed by atoms with van der Waals surface area (Å²) < 4.78 is 33.7. The van der Waals surface area contributed by atoms with Crippen molar-refractivity contribution in [2.75, 3.05) is 51.7 Å². The fourth-order valence-electron chi connectivity index (χ4n) is 5.31. The Morgan fingerprint density at radius 1 is 1.07 bits per heavy atom. The molecule has 1 aromatic heterocycles. The van der Waals surface area contributed by atoms with Crippen LogP contribution in [0.5, 0.6) is 0 Å². The Bertz CT molecular complexity index is 1590. The van der Waals surface area contributed by atoms with Gasteiger partial charge in [-0.05, 0) is 62.0 Å². The zero-order valence-corrected chi connectivity index (χ0v) is 27.2. The van der Waals surface area contributed by atoms with E-state index in [0.717, 1.165) is 31.5 Å². The van der Waals surface area contributed by atoms with E-state index in [1.165, 1.54) is 29.6 Å². The number of fused-ring (bicyclic) bond motifs is 1. The largest absolute Gasteiger partial charge is 0.453 e. The molecular weight excluding hydrogens is 614 g/mol. The number of aromatic amines is 1. The lowest BCUT2D eigenvalue weighted by Crippen LogP contribution is -2.53. The Kier molecular flexibility index (Phi) is 12.1. The third-order valence-corrected chi connectivity index (χ3v) is 9.41. The second kappa shape index (κ2) is 16.0. The van der Waals surface area contributed by atoms with Gasteiger partial charge in [0.1, 0.15) is 0 Å². The van der Waals surface area contributed by atoms with Crippen LogP contribution in [0, 0.1) is 5.92 Å². The number of nitrogens with zero attached hydrogens (tertiary/aromatic N) is 3. The number of sulfonamides is 1. The van der Waals surface area contributed by atoms with Crippen LogP contribution >= 0.6 is 0 Å². The third kappa shape index (κ3) is 9.72. The topological polar surface area (TPSA) is 186 Å². The Hall–Kier alpha value is -4.05. The number of carbonyl (C=O) groups is 3. The van der Waals surface area contributed by atoms with Crippen LogP contribution in [0.1, 0.15) is 32.3 Å². The molecule has 1 saturated heterocycles. The summed E-state index contributed by atoms with van der Waals surface area (Å²) in [6.07, 6.45) is 0.309. The summed E-state index contributed by atoms with van der Waals surface area (Å²) in [5, 5.41) is 19.3. The van der Waals surface area contributed by atoms with Crippen molar-refractivity contribution in [1.82, 2.24) is 29.8 Å². The highest BCUT2D eigenvalue weighted by atomic mass is 32.2. The molecule has 1 aliphatic heterocycles. The average molecular weight is 658 g/mol. The minimum Gasteiger partial charge on any atom is -0.453 e. The highest BCUT2D eigenvalue weighted by Gasteiger charge is 2.32. The van der Waals surface area contributed by atoms with Gasteiger partial charge in [-0.3, -0.25) is 19.8 Å². The molecule has 4 rings (SSSR count). The number of methoxy groups -OCH3 is 1. The van der Waals surface area contributed by atoms with Crippen LogP contribution in [0.15, 0.2) is 53.4 Å². The first-order valence-electron chi connectivity index (χ1n) is 15.3. The summed E-state index contributed by atoms with van der Waals surface area (Å²) in [6.45, 7) is 5.20. The SMILES string of the molecule is COC(=O)Nc1nc2ccc(S(=O)(=O)N(CC(C)C)C[C@@H](O)[C@H](Cc3ccccc3)NC(=O)CNC(=O)CN3CCCC3)cc2[nH]1. The van der Waals surface area contributed by atoms with E-state index in [9.17, 15) is 27.9 Å². The lowest BCUT2D eigenvalue weighted by molar-refractivity contribution is -0.127. The lowest BCUT2D eigenvalue weighted by atomic mass is 10.0. The van der Waals surface area contributed by atoms with Gasteiger partial charge < -0.3 is 25.5 Å². The van der Waals surface area contributed by atoms with Gasteiger partial charge >= 0.3 is 6.09 Å². The molecule has 1 fully saturated rings. The van der Waals surface area contributed by atoms with Crippen molar-refractivity contribution in [1.29, 1.82) is 0 Å². The van der Waals surface area contributed by atoms with Gasteiger partial charge in [-0.2, -0.15) is 4.31 Å². The van der Waals surface area contributed by atoms with E-state index in [-0.39, 0.29) is 55.3 Å². The van der Waals surface area contributed by atoms with Crippen LogP contribution in [0.25, 0.3) is 11.0 Å². The molecule has 2 atom stereocenters. The molecule has 0 saturated carbocycles. The van der Waals surface area contributed by atoms with Gasteiger partial charge in [0.25, 0.3) is 0 Å². The molecule has 0 unspecified atom stereocenters. The number of aliphatic hydroxyl groups excluding tert-OH is 1. The minimum atomic E-state index is -4.13. The monoisotopic (exact) mass is 657 g/mol. The van der Waals surface area contributed by atoms with Crippen LogP contribution < -0.4 is 16.0 Å². The van der Waals surface area contributed by atoms with Crippen LogP contribution in [0.3, 0.4) is 0 Å². The second-order valence-corrected chi connectivity index (χ2v) is 13.7. The molecule has 250 valence electrons. The molecule has 14 nitrogen and oxygen atoms in total. The molecule has 3 aromatic rings. The van der Waals surface area contributed by atoms with Crippen molar-refractivity contribution in [3.05, 3.63) is 54.1 Å². The van der Waals surface area contributed by atoms with Gasteiger partial charge in [0, 0.05) is 13.1 Å². The van der Waals surface area contributed by atoms with E-state index in [1.54, 1.807) is 0 Å². The molecule has 46 heavy (non-hydrogen) atoms. The first-order valence-corrected chi connectivity index (χ1v) is 16.7. The fraction of sp³-hybridized carbons (Fsp3) is 0.484. The van der Waals surface area contributed by atoms with Crippen LogP contribution in [-0.4, -0.2) is 109 Å². The maximum Gasteiger partial charge on any atom is 0.413 e. The number of H-pyrrole nitrogens is 1. The number of anilines is 1. The predicted molar refractivity (Wildman–Crippen MR) is 172 cm³/mol. The molecule has 2 aromatic carbocycles. The standard InChI is InChI=1S/C31H43N7O7S/c1-21(2)18-38(46(43,44)23-11-12-24-25(16-23)35-30(34-24)36-31(42)45-3)19-27(39)26(15-22-9-5-4-6-10-22)33-28(40)17-32-29(41)20-37-13-7-8-14-37/h4-6,9-12,16,21,26-27,39H,7-8,13-15,17-20H2,1-3H3,(H,32,41)(H,33,40)(H2,34,35,36,42)/t26-,27+/m0/s1. The third-order valence-electron chi connectivity index (χ3n) is 7.58. The lowest BCUT2D eigenvalue weighted by Gasteiger charge is -2.31. The normalized spacial score (nSPS) is 15.2. The van der Waals surface area contributed by atoms with Crippen molar-refractivity contribution in [3.8, 4) is 0 Å². The molecule has 15 heteroatoms. The van der Waals surface area contributed by atoms with Gasteiger partial charge in [-0.1, -0.05) is 44.2 Å². The number of aromatic nitrogens is 2. The second-order valence-electron chi connectivity index (χ2n) is 11.8. The molecule has 2 heterocycles. The number of carbonyl (C=O) groups excluding carboxylic acids is 3. The van der Waals surface area contributed by atoms with E-state index < -0.39 is 34.2 Å². The zero-order valence-electron chi connectivity index (χ0n) is 26.4. The highest BCUT2D eigenvalue weighted by molar-refractivity contribution is 7.89. The van der Waals surface area contributed by atoms with Crippen molar-refractivity contribution in [3.63, 3.8) is 0 Å². The van der Waals surface area contributed by atoms with Gasteiger partial charge in [-0.25, -0.2) is 18.2 Å². The van der Waals surface area contributed by atoms with E-state index in [0.29, 0.717) is 11.0 Å². The molecule has 5 N–H and O–H groups in total. The summed E-state index contributed by atoms with van der Waals surface area (Å²) in [6, 6.07) is 12.7. The maximum atomic E-state index is 14.0. The van der Waals surface area contributed by atoms with E-state index in [1.807, 2.05) is 49.1 Å². The maximum absolute atomic E-state index is 14.0. The van der Waals surface area contributed by atoms with Crippen molar-refractivity contribution in [2.45, 2.75) is 50.2 Å². The number of imidazole rings is 1. The first kappa shape index (κ1) is 34.8. The number of hydrogen-bond acceptors (Lipinski definition) is 9. The van der Waals surface area contributed by atoms with Gasteiger partial charge in [0.2, 0.25) is 27.8 Å². The van der Waals surface area contributed by atoms with Gasteiger partial charge in [0.05, 0.1) is 48.3 Å². The van der Waals surface area contributed by atoms with Gasteiger partial charge in [-0.15, -0.1) is 0 Å². The highest BCUT2D eigenvalue weighted by Crippen LogP contribution is 2.24. The van der Waals surface area contributed by atoms with Crippen LogP contribution in [0.4, 0.5) is 10.7 Å². The van der Waals surface area contributed by atoms with E-state index >= 15 is 0 Å². The summed E-state index contributed by atoms with van der Waals surface area (Å²) in [5.41, 5.74) is 1.64. The minimum absolute atomic E-state index is 0.0366. The Balaban J connectivity index is 1.50. The quantitative estimate of drug-likeness (QED) is 0.162. The average Bonchev–Trinajstić information content (AvgIpc) is 3.68. The number of amides is 3. The molecule has 0 bridgehead atoms. The first-order chi connectivity index (χ1) is 21.9. The van der Waals surface area contributed by atoms with Crippen molar-refractivity contribution in [2.24, 2.45) is 5.92 Å². The number of nitrogens with one attached hydrogen (secondary N) is 4. The summed E-state index contributed by atoms with van der Waals surface area (Å²) in [7, 11) is -2.92. The summed E-state index contributed by atoms with van der Waals surface area (Å²) in [4.78, 5) is 46.0. The number of likely N-dealkylation sites (tertiary alicyclic amines) is 1. The molecule has 1 aliphatic rings. The molecule has 0 aliphatic carbocycles. The Morgan fingerprint density at radius 2 is 1.78 bits per heavy atom. The number of ether oxygens (including phenoxy) is 1. The van der Waals surface area contributed by atoms with E-state index in [4.69, 9.17) is 0 Å². The van der Waals surface area contributed by atoms with Gasteiger partial charge in [0.15, 0.2) is 0 Å². The molecule has 3 amide bonds. The number of benzene rings is 2. The Morgan fingerprint density at radius 3 is 2.46 bits per heavy atom. The number of aliphatic hydroxyl groups is 1. The van der Waals surface area contributed by atoms with Crippen LogP contribution in [0.2, 0.25) is 0 Å². The van der Waals surface area contributed by atoms with E-state index in [2.05, 4.69) is 30.7 Å². The van der Waals surface area contributed by atoms with Crippen molar-refractivity contribution >= 4 is 44.9 Å². The summed E-state index contributed by atoms with van der Waals surface area (Å²) in [5.74, 6) is -0.734. The number of rotatable bonds is 15. The molecular formula is C31H43N7O7S. The number of hydrogen-bond donors (Lipinski definition) is 5. The zero-order chi connectivity index (χ0) is 33.3. The Labute approximate surface area is 268 Å².